The number of nitrogens with two attached hydrogens (primary N) is 1. The van der Waals surface area contributed by atoms with E-state index in [0.717, 1.165) is 12.2 Å². The molecular formula is C15H22N2O3. The van der Waals surface area contributed by atoms with Gasteiger partial charge in [0.2, 0.25) is 5.91 Å². The van der Waals surface area contributed by atoms with Crippen LogP contribution in [0.3, 0.4) is 0 Å². The fourth-order valence-corrected chi connectivity index (χ4v) is 1.90. The van der Waals surface area contributed by atoms with E-state index in [9.17, 15) is 4.79 Å². The van der Waals surface area contributed by atoms with Crippen LogP contribution in [0, 0.1) is 0 Å². The summed E-state index contributed by atoms with van der Waals surface area (Å²) in [5.74, 6) is 1.36. The number of nitrogens with one attached hydrogen (secondary N) is 1. The maximum absolute atomic E-state index is 11.9. The number of hydrogen-bond acceptors (Lipinski definition) is 4. The zero-order chi connectivity index (χ0) is 14.6. The summed E-state index contributed by atoms with van der Waals surface area (Å²) in [7, 11) is 0. The van der Waals surface area contributed by atoms with Crippen LogP contribution in [0.5, 0.6) is 11.5 Å². The first-order valence-corrected chi connectivity index (χ1v) is 6.92. The third-order valence-electron chi connectivity index (χ3n) is 3.03. The Hall–Kier alpha value is -1.75. The molecule has 1 heterocycles. The van der Waals surface area contributed by atoms with E-state index in [-0.39, 0.29) is 11.4 Å². The minimum atomic E-state index is -0.331. The lowest BCUT2D eigenvalue weighted by atomic mass is 10.00. The first-order chi connectivity index (χ1) is 9.44. The average molecular weight is 278 g/mol. The SMILES string of the molecule is CC(C)(N)CCC(=O)Nc1ccc2c(c1)OCCCO2. The lowest BCUT2D eigenvalue weighted by Gasteiger charge is -2.17. The van der Waals surface area contributed by atoms with E-state index in [0.29, 0.717) is 37.5 Å². The molecule has 20 heavy (non-hydrogen) atoms. The zero-order valence-corrected chi connectivity index (χ0v) is 12.1. The number of rotatable bonds is 4. The number of fused-ring (bicyclic) bond motifs is 1. The topological polar surface area (TPSA) is 73.6 Å². The van der Waals surface area contributed by atoms with Crippen molar-refractivity contribution in [1.29, 1.82) is 0 Å². The van der Waals surface area contributed by atoms with Gasteiger partial charge in [-0.05, 0) is 32.4 Å². The highest BCUT2D eigenvalue weighted by atomic mass is 16.5. The molecule has 110 valence electrons. The molecule has 5 heteroatoms. The number of benzene rings is 1. The number of hydrogen-bond donors (Lipinski definition) is 2. The number of ether oxygens (including phenoxy) is 2. The first-order valence-electron chi connectivity index (χ1n) is 6.92. The van der Waals surface area contributed by atoms with Gasteiger partial charge in [-0.15, -0.1) is 0 Å². The quantitative estimate of drug-likeness (QED) is 0.886. The van der Waals surface area contributed by atoms with Gasteiger partial charge in [0.05, 0.1) is 13.2 Å². The van der Waals surface area contributed by atoms with Crippen LogP contribution in [0.4, 0.5) is 5.69 Å². The van der Waals surface area contributed by atoms with Crippen molar-refractivity contribution in [3.05, 3.63) is 18.2 Å². The largest absolute Gasteiger partial charge is 0.490 e. The summed E-state index contributed by atoms with van der Waals surface area (Å²) in [5, 5.41) is 2.85. The van der Waals surface area contributed by atoms with Crippen LogP contribution in [-0.2, 0) is 4.79 Å². The molecule has 0 spiro atoms. The Kier molecular flexibility index (Phi) is 4.49. The van der Waals surface area contributed by atoms with Gasteiger partial charge in [-0.3, -0.25) is 4.79 Å². The molecule has 0 saturated heterocycles. The lowest BCUT2D eigenvalue weighted by molar-refractivity contribution is -0.116. The summed E-state index contributed by atoms with van der Waals surface area (Å²) >= 11 is 0. The minimum absolute atomic E-state index is 0.0435. The summed E-state index contributed by atoms with van der Waals surface area (Å²) in [5.41, 5.74) is 6.25. The molecule has 0 fully saturated rings. The highest BCUT2D eigenvalue weighted by Gasteiger charge is 2.15. The summed E-state index contributed by atoms with van der Waals surface area (Å²) in [4.78, 5) is 11.9. The van der Waals surface area contributed by atoms with Crippen LogP contribution in [0.15, 0.2) is 18.2 Å². The predicted octanol–water partition coefficient (Wildman–Crippen LogP) is 2.30. The second kappa shape index (κ2) is 6.13. The van der Waals surface area contributed by atoms with Gasteiger partial charge in [0.25, 0.3) is 0 Å². The molecule has 1 aromatic carbocycles. The van der Waals surface area contributed by atoms with Gasteiger partial charge in [-0.2, -0.15) is 0 Å². The Morgan fingerprint density at radius 2 is 2.00 bits per heavy atom. The van der Waals surface area contributed by atoms with Gasteiger partial charge in [0.1, 0.15) is 0 Å². The van der Waals surface area contributed by atoms with Gasteiger partial charge in [-0.25, -0.2) is 0 Å². The van der Waals surface area contributed by atoms with Crippen molar-refractivity contribution in [2.24, 2.45) is 5.73 Å². The van der Waals surface area contributed by atoms with Crippen molar-refractivity contribution >= 4 is 11.6 Å². The highest BCUT2D eigenvalue weighted by molar-refractivity contribution is 5.91. The Morgan fingerprint density at radius 3 is 2.70 bits per heavy atom. The van der Waals surface area contributed by atoms with Crippen LogP contribution in [0.25, 0.3) is 0 Å². The van der Waals surface area contributed by atoms with Crippen molar-refractivity contribution in [3.8, 4) is 11.5 Å². The highest BCUT2D eigenvalue weighted by Crippen LogP contribution is 2.32. The van der Waals surface area contributed by atoms with Gasteiger partial charge in [0.15, 0.2) is 11.5 Å². The van der Waals surface area contributed by atoms with Crippen LogP contribution in [-0.4, -0.2) is 24.7 Å². The molecular weight excluding hydrogens is 256 g/mol. The van der Waals surface area contributed by atoms with E-state index in [4.69, 9.17) is 15.2 Å². The fraction of sp³-hybridized carbons (Fsp3) is 0.533. The molecule has 0 bridgehead atoms. The van der Waals surface area contributed by atoms with Gasteiger partial charge >= 0.3 is 0 Å². The van der Waals surface area contributed by atoms with Crippen molar-refractivity contribution in [3.63, 3.8) is 0 Å². The predicted molar refractivity (Wildman–Crippen MR) is 78.2 cm³/mol. The average Bonchev–Trinajstić information content (AvgIpc) is 2.60. The Bertz CT molecular complexity index is 480. The van der Waals surface area contributed by atoms with Crippen LogP contribution in [0.2, 0.25) is 0 Å². The Labute approximate surface area is 119 Å². The number of carbonyl (C=O) groups excluding carboxylic acids is 1. The van der Waals surface area contributed by atoms with Gasteiger partial charge in [-0.1, -0.05) is 0 Å². The molecule has 0 aliphatic carbocycles. The molecule has 1 amide bonds. The van der Waals surface area contributed by atoms with Crippen molar-refractivity contribution in [2.75, 3.05) is 18.5 Å². The molecule has 0 unspecified atom stereocenters. The number of anilines is 1. The monoisotopic (exact) mass is 278 g/mol. The first kappa shape index (κ1) is 14.7. The minimum Gasteiger partial charge on any atom is -0.490 e. The lowest BCUT2D eigenvalue weighted by Crippen LogP contribution is -2.33. The second-order valence-electron chi connectivity index (χ2n) is 5.75. The maximum atomic E-state index is 11.9. The van der Waals surface area contributed by atoms with Crippen molar-refractivity contribution in [1.82, 2.24) is 0 Å². The number of amides is 1. The third kappa shape index (κ3) is 4.42. The molecule has 1 aliphatic rings. The normalized spacial score (nSPS) is 14.6. The summed E-state index contributed by atoms with van der Waals surface area (Å²) in [6, 6.07) is 5.44. The molecule has 1 aliphatic heterocycles. The van der Waals surface area contributed by atoms with Crippen molar-refractivity contribution in [2.45, 2.75) is 38.6 Å². The fourth-order valence-electron chi connectivity index (χ4n) is 1.90. The summed E-state index contributed by atoms with van der Waals surface area (Å²) < 4.78 is 11.1. The third-order valence-corrected chi connectivity index (χ3v) is 3.03. The molecule has 0 saturated carbocycles. The van der Waals surface area contributed by atoms with Crippen molar-refractivity contribution < 1.29 is 14.3 Å². The van der Waals surface area contributed by atoms with Gasteiger partial charge in [0, 0.05) is 30.1 Å². The van der Waals surface area contributed by atoms with E-state index in [1.165, 1.54) is 0 Å². The Balaban J connectivity index is 1.96. The zero-order valence-electron chi connectivity index (χ0n) is 12.1. The summed E-state index contributed by atoms with van der Waals surface area (Å²) in [6.45, 7) is 5.11. The number of carbonyl (C=O) groups is 1. The van der Waals surface area contributed by atoms with E-state index in [1.54, 1.807) is 6.07 Å². The molecule has 0 atom stereocenters. The van der Waals surface area contributed by atoms with Crippen LogP contribution >= 0.6 is 0 Å². The summed E-state index contributed by atoms with van der Waals surface area (Å²) in [6.07, 6.45) is 1.91. The standard InChI is InChI=1S/C15H22N2O3/c1-15(2,16)7-6-14(18)17-11-4-5-12-13(10-11)20-9-3-8-19-12/h4-5,10H,3,6-9,16H2,1-2H3,(H,17,18). The molecule has 0 aromatic heterocycles. The molecule has 1 aromatic rings. The van der Waals surface area contributed by atoms with E-state index in [1.807, 2.05) is 26.0 Å². The molecule has 2 rings (SSSR count). The second-order valence-corrected chi connectivity index (χ2v) is 5.75. The maximum Gasteiger partial charge on any atom is 0.224 e. The smallest absolute Gasteiger partial charge is 0.224 e. The Morgan fingerprint density at radius 1 is 1.30 bits per heavy atom. The van der Waals surface area contributed by atoms with E-state index in [2.05, 4.69) is 5.32 Å². The molecule has 0 radical (unpaired) electrons. The van der Waals surface area contributed by atoms with Crippen LogP contribution < -0.4 is 20.5 Å². The van der Waals surface area contributed by atoms with E-state index >= 15 is 0 Å². The van der Waals surface area contributed by atoms with Gasteiger partial charge < -0.3 is 20.5 Å². The van der Waals surface area contributed by atoms with Crippen LogP contribution in [0.1, 0.15) is 33.1 Å². The molecule has 3 N–H and O–H groups in total. The molecule has 5 nitrogen and oxygen atoms in total. The van der Waals surface area contributed by atoms with E-state index < -0.39 is 0 Å².